The molecule has 0 fully saturated rings. The first-order valence-corrected chi connectivity index (χ1v) is 6.18. The minimum atomic E-state index is -0.602. The summed E-state index contributed by atoms with van der Waals surface area (Å²) in [6.45, 7) is 1.84. The van der Waals surface area contributed by atoms with E-state index in [-0.39, 0.29) is 5.56 Å². The Hall–Kier alpha value is -1.95. The lowest BCUT2D eigenvalue weighted by Crippen LogP contribution is -2.12. The molecule has 19 heavy (non-hydrogen) atoms. The molecule has 0 unspecified atom stereocenters. The van der Waals surface area contributed by atoms with E-state index >= 15 is 0 Å². The molecule has 0 saturated carbocycles. The second-order valence-electron chi connectivity index (χ2n) is 3.95. The number of pyridine rings is 1. The zero-order valence-electron chi connectivity index (χ0n) is 9.95. The first kappa shape index (κ1) is 13.5. The number of carbonyl (C=O) groups is 1. The quantitative estimate of drug-likeness (QED) is 0.833. The van der Waals surface area contributed by atoms with Crippen LogP contribution in [0.25, 0.3) is 0 Å². The van der Waals surface area contributed by atoms with Crippen molar-refractivity contribution in [1.29, 1.82) is 0 Å². The molecular weight excluding hydrogens is 315 g/mol. The third kappa shape index (κ3) is 3.08. The molecule has 2 aromatic rings. The number of aryl methyl sites for hydroxylation is 1. The first-order chi connectivity index (χ1) is 8.97. The highest BCUT2D eigenvalue weighted by Crippen LogP contribution is 2.21. The number of anilines is 1. The van der Waals surface area contributed by atoms with Gasteiger partial charge in [-0.3, -0.25) is 4.79 Å². The van der Waals surface area contributed by atoms with Gasteiger partial charge in [0.1, 0.15) is 16.2 Å². The average Bonchev–Trinajstić information content (AvgIpc) is 2.33. The van der Waals surface area contributed by atoms with E-state index < -0.39 is 17.5 Å². The molecule has 1 aromatic carbocycles. The molecule has 0 aliphatic rings. The van der Waals surface area contributed by atoms with E-state index in [1.807, 2.05) is 6.92 Å². The Morgan fingerprint density at radius 2 is 2.16 bits per heavy atom. The van der Waals surface area contributed by atoms with Crippen molar-refractivity contribution in [2.75, 3.05) is 5.32 Å². The molecular formula is C13H10BrFN2O2. The summed E-state index contributed by atoms with van der Waals surface area (Å²) >= 11 is 3.25. The lowest BCUT2D eigenvalue weighted by Gasteiger charge is -2.07. The number of phenols is 1. The van der Waals surface area contributed by atoms with Gasteiger partial charge in [0.05, 0.1) is 17.4 Å². The number of carbonyl (C=O) groups excluding carboxylic acids is 1. The van der Waals surface area contributed by atoms with Gasteiger partial charge in [0.15, 0.2) is 0 Å². The Labute approximate surface area is 117 Å². The molecule has 0 aliphatic carbocycles. The van der Waals surface area contributed by atoms with Gasteiger partial charge in [-0.25, -0.2) is 9.37 Å². The molecule has 2 N–H and O–H groups in total. The summed E-state index contributed by atoms with van der Waals surface area (Å²) in [5, 5.41) is 12.1. The normalized spacial score (nSPS) is 10.3. The predicted molar refractivity (Wildman–Crippen MR) is 72.7 cm³/mol. The lowest BCUT2D eigenvalue weighted by molar-refractivity contribution is 0.102. The van der Waals surface area contributed by atoms with Crippen molar-refractivity contribution in [1.82, 2.24) is 4.98 Å². The van der Waals surface area contributed by atoms with Crippen LogP contribution in [0.15, 0.2) is 35.1 Å². The van der Waals surface area contributed by atoms with Crippen LogP contribution in [0.5, 0.6) is 5.75 Å². The van der Waals surface area contributed by atoms with Crippen LogP contribution in [0.4, 0.5) is 10.1 Å². The number of aromatic hydroxyl groups is 1. The maximum atomic E-state index is 12.8. The van der Waals surface area contributed by atoms with Crippen molar-refractivity contribution in [3.05, 3.63) is 52.0 Å². The molecule has 1 aromatic heterocycles. The number of hydrogen-bond donors (Lipinski definition) is 2. The number of hydrogen-bond acceptors (Lipinski definition) is 3. The first-order valence-electron chi connectivity index (χ1n) is 5.39. The SMILES string of the molecule is Cc1cc(NC(=O)c2ccc(F)cc2O)cnc1Br. The van der Waals surface area contributed by atoms with E-state index in [4.69, 9.17) is 0 Å². The maximum absolute atomic E-state index is 12.8. The molecule has 0 bridgehead atoms. The standard InChI is InChI=1S/C13H10BrFN2O2/c1-7-4-9(6-16-12(7)14)17-13(19)10-3-2-8(15)5-11(10)18/h2-6,18H,1H3,(H,17,19). The van der Waals surface area contributed by atoms with Gasteiger partial charge in [-0.2, -0.15) is 0 Å². The van der Waals surface area contributed by atoms with Gasteiger partial charge < -0.3 is 10.4 Å². The summed E-state index contributed by atoms with van der Waals surface area (Å²) in [4.78, 5) is 16.0. The fourth-order valence-corrected chi connectivity index (χ4v) is 1.74. The summed E-state index contributed by atoms with van der Waals surface area (Å²) in [5.74, 6) is -1.53. The Morgan fingerprint density at radius 3 is 2.79 bits per heavy atom. The maximum Gasteiger partial charge on any atom is 0.259 e. The van der Waals surface area contributed by atoms with Crippen molar-refractivity contribution >= 4 is 27.5 Å². The van der Waals surface area contributed by atoms with Crippen molar-refractivity contribution < 1.29 is 14.3 Å². The van der Waals surface area contributed by atoms with Crippen LogP contribution < -0.4 is 5.32 Å². The molecule has 1 amide bonds. The fourth-order valence-electron chi connectivity index (χ4n) is 1.52. The van der Waals surface area contributed by atoms with Crippen LogP contribution in [0.3, 0.4) is 0 Å². The van der Waals surface area contributed by atoms with Gasteiger partial charge in [-0.15, -0.1) is 0 Å². The van der Waals surface area contributed by atoms with Gasteiger partial charge in [0, 0.05) is 6.07 Å². The number of nitrogens with zero attached hydrogens (tertiary/aromatic N) is 1. The number of nitrogens with one attached hydrogen (secondary N) is 1. The van der Waals surface area contributed by atoms with Crippen LogP contribution >= 0.6 is 15.9 Å². The van der Waals surface area contributed by atoms with Crippen LogP contribution in [0, 0.1) is 12.7 Å². The molecule has 4 nitrogen and oxygen atoms in total. The zero-order valence-corrected chi connectivity index (χ0v) is 11.5. The Morgan fingerprint density at radius 1 is 1.42 bits per heavy atom. The fraction of sp³-hybridized carbons (Fsp3) is 0.0769. The van der Waals surface area contributed by atoms with Gasteiger partial charge in [0.2, 0.25) is 0 Å². The van der Waals surface area contributed by atoms with Gasteiger partial charge in [-0.1, -0.05) is 0 Å². The van der Waals surface area contributed by atoms with Crippen molar-refractivity contribution in [3.63, 3.8) is 0 Å². The second kappa shape index (κ2) is 5.36. The van der Waals surface area contributed by atoms with Crippen molar-refractivity contribution in [2.24, 2.45) is 0 Å². The van der Waals surface area contributed by atoms with Crippen molar-refractivity contribution in [2.45, 2.75) is 6.92 Å². The number of halogens is 2. The van der Waals surface area contributed by atoms with E-state index in [9.17, 15) is 14.3 Å². The smallest absolute Gasteiger partial charge is 0.259 e. The lowest BCUT2D eigenvalue weighted by atomic mass is 10.2. The zero-order chi connectivity index (χ0) is 14.0. The van der Waals surface area contributed by atoms with Crippen LogP contribution in [0.2, 0.25) is 0 Å². The molecule has 6 heteroatoms. The minimum Gasteiger partial charge on any atom is -0.507 e. The topological polar surface area (TPSA) is 62.2 Å². The molecule has 98 valence electrons. The highest BCUT2D eigenvalue weighted by Gasteiger charge is 2.12. The van der Waals surface area contributed by atoms with Crippen LogP contribution in [-0.2, 0) is 0 Å². The monoisotopic (exact) mass is 324 g/mol. The largest absolute Gasteiger partial charge is 0.507 e. The number of aromatic nitrogens is 1. The Balaban J connectivity index is 2.23. The molecule has 0 atom stereocenters. The van der Waals surface area contributed by atoms with Crippen LogP contribution in [-0.4, -0.2) is 16.0 Å². The van der Waals surface area contributed by atoms with E-state index in [1.165, 1.54) is 12.3 Å². The number of rotatable bonds is 2. The van der Waals surface area contributed by atoms with Crippen molar-refractivity contribution in [3.8, 4) is 5.75 Å². The summed E-state index contributed by atoms with van der Waals surface area (Å²) < 4.78 is 13.5. The second-order valence-corrected chi connectivity index (χ2v) is 4.70. The molecule has 0 spiro atoms. The van der Waals surface area contributed by atoms with E-state index in [0.29, 0.717) is 10.3 Å². The summed E-state index contributed by atoms with van der Waals surface area (Å²) in [6, 6.07) is 4.95. The predicted octanol–water partition coefficient (Wildman–Crippen LogP) is 3.25. The summed E-state index contributed by atoms with van der Waals surface area (Å²) in [7, 11) is 0. The average molecular weight is 325 g/mol. The van der Waals surface area contributed by atoms with Gasteiger partial charge in [0.25, 0.3) is 5.91 Å². The summed E-state index contributed by atoms with van der Waals surface area (Å²) in [5.41, 5.74) is 1.36. The Bertz CT molecular complexity index is 647. The van der Waals surface area contributed by atoms with Gasteiger partial charge >= 0.3 is 0 Å². The molecule has 0 radical (unpaired) electrons. The number of benzene rings is 1. The Kier molecular flexibility index (Phi) is 3.80. The number of phenolic OH excluding ortho intramolecular Hbond substituents is 1. The molecule has 1 heterocycles. The highest BCUT2D eigenvalue weighted by atomic mass is 79.9. The number of amides is 1. The molecule has 0 aliphatic heterocycles. The van der Waals surface area contributed by atoms with Crippen LogP contribution in [0.1, 0.15) is 15.9 Å². The van der Waals surface area contributed by atoms with E-state index in [0.717, 1.165) is 17.7 Å². The minimum absolute atomic E-state index is 0.00183. The van der Waals surface area contributed by atoms with Gasteiger partial charge in [-0.05, 0) is 46.6 Å². The third-order valence-corrected chi connectivity index (χ3v) is 3.31. The van der Waals surface area contributed by atoms with E-state index in [1.54, 1.807) is 6.07 Å². The third-order valence-electron chi connectivity index (χ3n) is 2.48. The highest BCUT2D eigenvalue weighted by molar-refractivity contribution is 9.10. The molecule has 2 rings (SSSR count). The van der Waals surface area contributed by atoms with E-state index in [2.05, 4.69) is 26.2 Å². The summed E-state index contributed by atoms with van der Waals surface area (Å²) in [6.07, 6.45) is 1.48. The molecule has 0 saturated heterocycles.